The maximum absolute atomic E-state index is 13.4. The van der Waals surface area contributed by atoms with Crippen molar-refractivity contribution in [3.8, 4) is 0 Å². The molecule has 2 N–H and O–H groups in total. The average molecular weight is 660 g/mol. The number of rotatable bonds is 13. The number of carbonyl (C=O) groups excluding carboxylic acids is 4. The summed E-state index contributed by atoms with van der Waals surface area (Å²) in [4.78, 5) is 59.6. The Kier molecular flexibility index (Phi) is 9.25. The molecule has 0 atom stereocenters. The van der Waals surface area contributed by atoms with E-state index in [0.29, 0.717) is 84.5 Å². The number of aromatic nitrogens is 8. The summed E-state index contributed by atoms with van der Waals surface area (Å²) >= 11 is 0. The fourth-order valence-corrected chi connectivity index (χ4v) is 5.98. The number of nitrogens with zero attached hydrogens (tertiary/aromatic N) is 8. The van der Waals surface area contributed by atoms with Gasteiger partial charge in [0.2, 0.25) is 11.9 Å². The molecule has 2 aromatic carbocycles. The highest BCUT2D eigenvalue weighted by molar-refractivity contribution is 6.62. The molecule has 0 aliphatic rings. The number of aryl methyl sites for hydroxylation is 6. The van der Waals surface area contributed by atoms with E-state index in [-0.39, 0.29) is 17.5 Å². The lowest BCUT2D eigenvalue weighted by Crippen LogP contribution is -2.20. The van der Waals surface area contributed by atoms with Crippen LogP contribution in [-0.4, -0.2) is 70.3 Å². The van der Waals surface area contributed by atoms with Gasteiger partial charge in [0.05, 0.1) is 33.5 Å². The number of fused-ring (bicyclic) bond motifs is 2. The predicted molar refractivity (Wildman–Crippen MR) is 187 cm³/mol. The zero-order valence-corrected chi connectivity index (χ0v) is 27.9. The monoisotopic (exact) mass is 659 g/mol. The van der Waals surface area contributed by atoms with Crippen LogP contribution in [0.1, 0.15) is 79.8 Å². The fraction of sp³-hybridized carbons (Fsp3) is 0.294. The second-order valence-electron chi connectivity index (χ2n) is 11.8. The molecule has 14 nitrogen and oxygen atoms in total. The van der Waals surface area contributed by atoms with Gasteiger partial charge in [0, 0.05) is 37.3 Å². The molecule has 0 bridgehead atoms. The van der Waals surface area contributed by atoms with Crippen LogP contribution in [0.5, 0.6) is 0 Å². The molecule has 0 aliphatic heterocycles. The number of hydrogen-bond donors (Lipinski definition) is 2. The van der Waals surface area contributed by atoms with Crippen LogP contribution in [0.3, 0.4) is 0 Å². The largest absolute Gasteiger partial charge is 0.310 e. The standard InChI is InChI=1S/C34H36BN10O4/c1-5-44-28(15-20(3)40-44)31(48)38-33-36-24-17-22(19-46)9-11-26(24)42(33)13-7-8-14-43-27-12-10-23(30(35)47)18-25(27)37-34(43)39-32(49)29-16-21(4)41-45(29)6-2/h9-12,15-19,35H,5-8,13-14H2,1-4H3,(H,36,38,48)(H,37,39,49). The molecule has 0 unspecified atom stereocenters. The van der Waals surface area contributed by atoms with E-state index in [9.17, 15) is 19.2 Å². The molecule has 4 heterocycles. The first kappa shape index (κ1) is 33.1. The summed E-state index contributed by atoms with van der Waals surface area (Å²) < 4.78 is 7.12. The summed E-state index contributed by atoms with van der Waals surface area (Å²) in [6.45, 7) is 9.56. The highest BCUT2D eigenvalue weighted by atomic mass is 16.2. The minimum absolute atomic E-state index is 0.325. The summed E-state index contributed by atoms with van der Waals surface area (Å²) in [7, 11) is 3.51. The first-order chi connectivity index (χ1) is 23.6. The van der Waals surface area contributed by atoms with Crippen LogP contribution < -0.4 is 10.6 Å². The molecule has 49 heavy (non-hydrogen) atoms. The Bertz CT molecular complexity index is 2240. The molecule has 0 spiro atoms. The maximum Gasteiger partial charge on any atom is 0.276 e. The Morgan fingerprint density at radius 1 is 0.735 bits per heavy atom. The normalized spacial score (nSPS) is 11.3. The first-order valence-corrected chi connectivity index (χ1v) is 16.1. The Balaban J connectivity index is 1.26. The topological polar surface area (TPSA) is 164 Å². The van der Waals surface area contributed by atoms with Gasteiger partial charge in [-0.05, 0) is 83.0 Å². The number of unbranched alkanes of at least 4 members (excludes halogenated alkanes) is 1. The van der Waals surface area contributed by atoms with Crippen LogP contribution >= 0.6 is 0 Å². The number of aldehydes is 1. The van der Waals surface area contributed by atoms with Crippen LogP contribution in [0.15, 0.2) is 48.5 Å². The number of carbonyl (C=O) groups is 4. The molecular weight excluding hydrogens is 623 g/mol. The van der Waals surface area contributed by atoms with Gasteiger partial charge in [0.15, 0.2) is 7.85 Å². The number of anilines is 2. The van der Waals surface area contributed by atoms with Gasteiger partial charge in [0.25, 0.3) is 11.8 Å². The number of benzene rings is 2. The van der Waals surface area contributed by atoms with Gasteiger partial charge in [-0.2, -0.15) is 10.2 Å². The second kappa shape index (κ2) is 13.7. The van der Waals surface area contributed by atoms with Gasteiger partial charge in [0.1, 0.15) is 23.4 Å². The summed E-state index contributed by atoms with van der Waals surface area (Å²) in [6.07, 6.45) is 2.09. The van der Waals surface area contributed by atoms with E-state index < -0.39 is 0 Å². The SMILES string of the molecule is [BH]C(=O)c1ccc2c(c1)nc(NC(=O)c1cc(C)nn1CC)n2CCCCn1c(NC(=O)c2cc(C)nn2CC)nc2cc(C=O)ccc21. The van der Waals surface area contributed by atoms with E-state index in [0.717, 1.165) is 28.7 Å². The molecule has 0 saturated heterocycles. The van der Waals surface area contributed by atoms with Crippen molar-refractivity contribution in [2.75, 3.05) is 10.6 Å². The molecule has 0 saturated carbocycles. The molecular formula is C34H36BN10O4. The zero-order valence-electron chi connectivity index (χ0n) is 27.9. The van der Waals surface area contributed by atoms with E-state index in [1.165, 1.54) is 0 Å². The Morgan fingerprint density at radius 3 is 1.69 bits per heavy atom. The molecule has 1 radical (unpaired) electrons. The van der Waals surface area contributed by atoms with Crippen molar-refractivity contribution >= 4 is 65.6 Å². The Hall–Kier alpha value is -5.86. The van der Waals surface area contributed by atoms with Crippen LogP contribution in [0.2, 0.25) is 0 Å². The van der Waals surface area contributed by atoms with Crippen molar-refractivity contribution < 1.29 is 19.2 Å². The predicted octanol–water partition coefficient (Wildman–Crippen LogP) is 4.27. The Labute approximate surface area is 282 Å². The van der Waals surface area contributed by atoms with E-state index >= 15 is 0 Å². The summed E-state index contributed by atoms with van der Waals surface area (Å²) in [5.74, 6) is 0.0332. The Morgan fingerprint density at radius 2 is 1.22 bits per heavy atom. The third kappa shape index (κ3) is 6.64. The lowest BCUT2D eigenvalue weighted by molar-refractivity contribution is 0.100. The van der Waals surface area contributed by atoms with Gasteiger partial charge in [-0.3, -0.25) is 34.4 Å². The minimum Gasteiger partial charge on any atom is -0.310 e. The third-order valence-corrected chi connectivity index (χ3v) is 8.31. The van der Waals surface area contributed by atoms with E-state index in [2.05, 4.69) is 38.6 Å². The average Bonchev–Trinajstić information content (AvgIpc) is 3.84. The van der Waals surface area contributed by atoms with Crippen LogP contribution in [0.25, 0.3) is 22.1 Å². The van der Waals surface area contributed by atoms with Crippen molar-refractivity contribution in [3.63, 3.8) is 0 Å². The lowest BCUT2D eigenvalue weighted by atomic mass is 9.94. The van der Waals surface area contributed by atoms with Crippen molar-refractivity contribution in [1.29, 1.82) is 0 Å². The van der Waals surface area contributed by atoms with E-state index in [1.54, 1.807) is 51.8 Å². The van der Waals surface area contributed by atoms with Gasteiger partial charge in [-0.15, -0.1) is 0 Å². The van der Waals surface area contributed by atoms with Crippen LogP contribution in [0, 0.1) is 13.8 Å². The molecule has 2 amide bonds. The van der Waals surface area contributed by atoms with Gasteiger partial charge in [-0.1, -0.05) is 6.07 Å². The van der Waals surface area contributed by atoms with Gasteiger partial charge >= 0.3 is 0 Å². The molecule has 0 fully saturated rings. The molecule has 0 aliphatic carbocycles. The number of amides is 2. The van der Waals surface area contributed by atoms with Crippen LogP contribution in [0.4, 0.5) is 11.9 Å². The highest BCUT2D eigenvalue weighted by Crippen LogP contribution is 2.25. The highest BCUT2D eigenvalue weighted by Gasteiger charge is 2.21. The summed E-state index contributed by atoms with van der Waals surface area (Å²) in [6, 6.07) is 13.9. The summed E-state index contributed by atoms with van der Waals surface area (Å²) in [5.41, 5.74) is 5.57. The molecule has 15 heteroatoms. The van der Waals surface area contributed by atoms with E-state index in [1.807, 2.05) is 42.9 Å². The second-order valence-corrected chi connectivity index (χ2v) is 11.8. The zero-order chi connectivity index (χ0) is 34.8. The van der Waals surface area contributed by atoms with Crippen molar-refractivity contribution in [2.24, 2.45) is 0 Å². The third-order valence-electron chi connectivity index (χ3n) is 8.31. The van der Waals surface area contributed by atoms with E-state index in [4.69, 9.17) is 0 Å². The quantitative estimate of drug-likeness (QED) is 0.105. The van der Waals surface area contributed by atoms with Crippen molar-refractivity contribution in [2.45, 2.75) is 66.7 Å². The molecule has 249 valence electrons. The van der Waals surface area contributed by atoms with Crippen molar-refractivity contribution in [3.05, 3.63) is 82.4 Å². The first-order valence-electron chi connectivity index (χ1n) is 16.1. The number of nitrogens with one attached hydrogen (secondary N) is 2. The van der Waals surface area contributed by atoms with Gasteiger partial charge < -0.3 is 13.9 Å². The minimum atomic E-state index is -0.341. The van der Waals surface area contributed by atoms with Gasteiger partial charge in [-0.25, -0.2) is 9.97 Å². The molecule has 4 aromatic heterocycles. The summed E-state index contributed by atoms with van der Waals surface area (Å²) in [5, 5.41) is 14.7. The number of hydrogen-bond acceptors (Lipinski definition) is 8. The maximum atomic E-state index is 13.4. The smallest absolute Gasteiger partial charge is 0.276 e. The lowest BCUT2D eigenvalue weighted by Gasteiger charge is -2.13. The molecule has 6 aromatic rings. The van der Waals surface area contributed by atoms with Crippen LogP contribution in [-0.2, 0) is 26.2 Å². The van der Waals surface area contributed by atoms with Crippen molar-refractivity contribution in [1.82, 2.24) is 38.7 Å². The fourth-order valence-electron chi connectivity index (χ4n) is 5.98. The number of imidazole rings is 2. The molecule has 6 rings (SSSR count).